The molecule has 0 spiro atoms. The second kappa shape index (κ2) is 6.51. The fourth-order valence-electron chi connectivity index (χ4n) is 1.44. The number of hydrogen-bond donors (Lipinski definition) is 0. The van der Waals surface area contributed by atoms with E-state index < -0.39 is 11.0 Å². The Morgan fingerprint density at radius 2 is 1.53 bits per heavy atom. The van der Waals surface area contributed by atoms with Crippen molar-refractivity contribution in [2.75, 3.05) is 13.2 Å². The smallest absolute Gasteiger partial charge is 0.306 e. The van der Waals surface area contributed by atoms with E-state index in [0.29, 0.717) is 19.6 Å². The molecule has 0 saturated heterocycles. The number of ether oxygens (including phenoxy) is 2. The van der Waals surface area contributed by atoms with Crippen LogP contribution in [-0.2, 0) is 19.1 Å². The van der Waals surface area contributed by atoms with Crippen LogP contribution in [0.1, 0.15) is 54.9 Å². The molecule has 0 saturated carbocycles. The minimum atomic E-state index is -0.484. The van der Waals surface area contributed by atoms with E-state index in [2.05, 4.69) is 0 Å². The second-order valence-electron chi connectivity index (χ2n) is 7.53. The van der Waals surface area contributed by atoms with Crippen LogP contribution in [0.2, 0.25) is 0 Å². The predicted octanol–water partition coefficient (Wildman–Crippen LogP) is 2.99. The van der Waals surface area contributed by atoms with Crippen LogP contribution in [0.4, 0.5) is 0 Å². The van der Waals surface area contributed by atoms with Gasteiger partial charge in [-0.1, -0.05) is 27.7 Å². The summed E-state index contributed by atoms with van der Waals surface area (Å²) in [7, 11) is 0. The Labute approximate surface area is 116 Å². The largest absolute Gasteiger partial charge is 0.460 e. The van der Waals surface area contributed by atoms with Crippen molar-refractivity contribution in [3.8, 4) is 0 Å². The van der Waals surface area contributed by atoms with Crippen molar-refractivity contribution in [2.45, 2.75) is 60.5 Å². The van der Waals surface area contributed by atoms with Gasteiger partial charge >= 0.3 is 5.97 Å². The van der Waals surface area contributed by atoms with Crippen LogP contribution in [0, 0.1) is 10.8 Å². The number of hydrogen-bond acceptors (Lipinski definition) is 4. The molecule has 0 atom stereocenters. The molecule has 4 nitrogen and oxygen atoms in total. The van der Waals surface area contributed by atoms with Crippen LogP contribution >= 0.6 is 0 Å². The summed E-state index contributed by atoms with van der Waals surface area (Å²) in [6.45, 7) is 13.9. The molecular weight excluding hydrogens is 244 g/mol. The lowest BCUT2D eigenvalue weighted by molar-refractivity contribution is -0.158. The molecule has 0 aromatic rings. The summed E-state index contributed by atoms with van der Waals surface area (Å²) in [5.41, 5.74) is -1.25. The lowest BCUT2D eigenvalue weighted by atomic mass is 9.90. The molecule has 0 unspecified atom stereocenters. The normalized spacial score (nSPS) is 13.2. The third-order valence-electron chi connectivity index (χ3n) is 2.33. The van der Waals surface area contributed by atoms with Crippen molar-refractivity contribution in [3.05, 3.63) is 0 Å². The summed E-state index contributed by atoms with van der Waals surface area (Å²) in [5, 5.41) is 0. The molecular formula is C15H28O4. The molecule has 0 aromatic carbocycles. The molecule has 0 bridgehead atoms. The number of aldehydes is 1. The van der Waals surface area contributed by atoms with Crippen LogP contribution in [0.5, 0.6) is 0 Å². The highest BCUT2D eigenvalue weighted by molar-refractivity contribution is 5.70. The average molecular weight is 272 g/mol. The maximum Gasteiger partial charge on any atom is 0.306 e. The van der Waals surface area contributed by atoms with Gasteiger partial charge in [0.15, 0.2) is 0 Å². The number of esters is 1. The molecule has 4 heteroatoms. The molecule has 0 rings (SSSR count). The summed E-state index contributed by atoms with van der Waals surface area (Å²) < 4.78 is 10.8. The Kier molecular flexibility index (Phi) is 6.20. The van der Waals surface area contributed by atoms with E-state index in [-0.39, 0.29) is 11.4 Å². The maximum atomic E-state index is 11.8. The van der Waals surface area contributed by atoms with Crippen LogP contribution < -0.4 is 0 Å². The fraction of sp³-hybridized carbons (Fsp3) is 0.867. The third-order valence-corrected chi connectivity index (χ3v) is 2.33. The van der Waals surface area contributed by atoms with Gasteiger partial charge in [-0.25, -0.2) is 0 Å². The van der Waals surface area contributed by atoms with E-state index >= 15 is 0 Å². The van der Waals surface area contributed by atoms with E-state index in [0.717, 1.165) is 6.29 Å². The predicted molar refractivity (Wildman–Crippen MR) is 74.9 cm³/mol. The average Bonchev–Trinajstić information content (AvgIpc) is 2.12. The summed E-state index contributed by atoms with van der Waals surface area (Å²) >= 11 is 0. The van der Waals surface area contributed by atoms with E-state index in [1.54, 1.807) is 0 Å². The molecule has 0 aliphatic rings. The van der Waals surface area contributed by atoms with Crippen molar-refractivity contribution in [1.29, 1.82) is 0 Å². The van der Waals surface area contributed by atoms with Crippen molar-refractivity contribution in [3.63, 3.8) is 0 Å². The molecule has 0 aliphatic heterocycles. The first kappa shape index (κ1) is 18.1. The molecule has 0 heterocycles. The zero-order valence-corrected chi connectivity index (χ0v) is 13.3. The Morgan fingerprint density at radius 1 is 1.00 bits per heavy atom. The van der Waals surface area contributed by atoms with Crippen LogP contribution in [0.25, 0.3) is 0 Å². The zero-order chi connectivity index (χ0) is 15.3. The summed E-state index contributed by atoms with van der Waals surface area (Å²) in [6.07, 6.45) is 1.18. The lowest BCUT2D eigenvalue weighted by Crippen LogP contribution is -2.31. The molecule has 0 aliphatic carbocycles. The van der Waals surface area contributed by atoms with Gasteiger partial charge in [-0.3, -0.25) is 4.79 Å². The highest BCUT2D eigenvalue weighted by atomic mass is 16.6. The quantitative estimate of drug-likeness (QED) is 0.528. The van der Waals surface area contributed by atoms with Gasteiger partial charge in [0.2, 0.25) is 0 Å². The SMILES string of the molecule is CC(C)(C=O)COCC(C)(C)CC(=O)OC(C)(C)C. The molecule has 112 valence electrons. The fourth-order valence-corrected chi connectivity index (χ4v) is 1.44. The Bertz CT molecular complexity index is 311. The summed E-state index contributed by atoms with van der Waals surface area (Å²) in [6, 6.07) is 0. The lowest BCUT2D eigenvalue weighted by Gasteiger charge is -2.27. The van der Waals surface area contributed by atoms with Crippen LogP contribution in [0.15, 0.2) is 0 Å². The van der Waals surface area contributed by atoms with Gasteiger partial charge in [0.05, 0.1) is 19.6 Å². The molecule has 0 fully saturated rings. The molecule has 0 radical (unpaired) electrons. The van der Waals surface area contributed by atoms with Gasteiger partial charge in [0.1, 0.15) is 11.9 Å². The van der Waals surface area contributed by atoms with Crippen LogP contribution in [0.3, 0.4) is 0 Å². The molecule has 0 aromatic heterocycles. The van der Waals surface area contributed by atoms with Gasteiger partial charge in [-0.05, 0) is 26.2 Å². The number of rotatable bonds is 7. The van der Waals surface area contributed by atoms with Gasteiger partial charge < -0.3 is 14.3 Å². The first-order valence-corrected chi connectivity index (χ1v) is 6.63. The van der Waals surface area contributed by atoms with Crippen molar-refractivity contribution >= 4 is 12.3 Å². The summed E-state index contributed by atoms with van der Waals surface area (Å²) in [4.78, 5) is 22.5. The molecule has 0 amide bonds. The Hall–Kier alpha value is -0.900. The van der Waals surface area contributed by atoms with Crippen LogP contribution in [-0.4, -0.2) is 31.1 Å². The highest BCUT2D eigenvalue weighted by Crippen LogP contribution is 2.24. The van der Waals surface area contributed by atoms with Crippen molar-refractivity contribution in [1.82, 2.24) is 0 Å². The monoisotopic (exact) mass is 272 g/mol. The Morgan fingerprint density at radius 3 is 1.95 bits per heavy atom. The number of carbonyl (C=O) groups excluding carboxylic acids is 2. The first-order chi connectivity index (χ1) is 8.37. The van der Waals surface area contributed by atoms with Crippen molar-refractivity contribution in [2.24, 2.45) is 10.8 Å². The minimum absolute atomic E-state index is 0.226. The van der Waals surface area contributed by atoms with Gasteiger partial charge in [-0.2, -0.15) is 0 Å². The van der Waals surface area contributed by atoms with Gasteiger partial charge in [0, 0.05) is 5.41 Å². The van der Waals surface area contributed by atoms with E-state index in [4.69, 9.17) is 9.47 Å². The minimum Gasteiger partial charge on any atom is -0.460 e. The number of carbonyl (C=O) groups is 2. The highest BCUT2D eigenvalue weighted by Gasteiger charge is 2.27. The van der Waals surface area contributed by atoms with E-state index in [1.807, 2.05) is 48.5 Å². The van der Waals surface area contributed by atoms with Crippen molar-refractivity contribution < 1.29 is 19.1 Å². The van der Waals surface area contributed by atoms with Gasteiger partial charge in [-0.15, -0.1) is 0 Å². The topological polar surface area (TPSA) is 52.6 Å². The van der Waals surface area contributed by atoms with Gasteiger partial charge in [0.25, 0.3) is 0 Å². The molecule has 19 heavy (non-hydrogen) atoms. The second-order valence-corrected chi connectivity index (χ2v) is 7.53. The Balaban J connectivity index is 4.19. The summed E-state index contributed by atoms with van der Waals surface area (Å²) in [5.74, 6) is -0.226. The van der Waals surface area contributed by atoms with E-state index in [1.165, 1.54) is 0 Å². The maximum absolute atomic E-state index is 11.8. The van der Waals surface area contributed by atoms with E-state index in [9.17, 15) is 9.59 Å². The first-order valence-electron chi connectivity index (χ1n) is 6.63. The zero-order valence-electron chi connectivity index (χ0n) is 13.3. The molecule has 0 N–H and O–H groups in total. The standard InChI is InChI=1S/C15H28O4/c1-13(2,3)19-12(17)8-14(4,5)10-18-11-15(6,7)9-16/h9H,8,10-11H2,1-7H3. The third kappa shape index (κ3) is 9.65.